The molecule has 0 radical (unpaired) electrons. The van der Waals surface area contributed by atoms with Crippen LogP contribution in [0.15, 0.2) is 0 Å². The first kappa shape index (κ1) is 15.4. The molecule has 0 aromatic rings. The summed E-state index contributed by atoms with van der Waals surface area (Å²) in [6.07, 6.45) is 1.11. The highest BCUT2D eigenvalue weighted by molar-refractivity contribution is 5.84. The van der Waals surface area contributed by atoms with E-state index in [4.69, 9.17) is 14.9 Å². The molecule has 0 spiro atoms. The van der Waals surface area contributed by atoms with Crippen molar-refractivity contribution in [2.45, 2.75) is 19.3 Å². The van der Waals surface area contributed by atoms with E-state index in [1.807, 2.05) is 0 Å². The van der Waals surface area contributed by atoms with Crippen LogP contribution in [0.3, 0.4) is 0 Å². The fourth-order valence-electron chi connectivity index (χ4n) is 2.24. The fraction of sp³-hybridized carbons (Fsp3) is 0.750. The summed E-state index contributed by atoms with van der Waals surface area (Å²) in [7, 11) is 1.48. The van der Waals surface area contributed by atoms with Gasteiger partial charge >= 0.3 is 11.9 Å². The van der Waals surface area contributed by atoms with E-state index in [1.165, 1.54) is 12.0 Å². The van der Waals surface area contributed by atoms with Crippen molar-refractivity contribution >= 4 is 17.8 Å². The largest absolute Gasteiger partial charge is 0.481 e. The molecule has 1 saturated carbocycles. The number of carbonyl (C=O) groups is 3. The molecule has 1 aliphatic rings. The molecule has 0 saturated heterocycles. The van der Waals surface area contributed by atoms with E-state index >= 15 is 0 Å². The van der Waals surface area contributed by atoms with E-state index in [2.05, 4.69) is 0 Å². The third kappa shape index (κ3) is 4.86. The van der Waals surface area contributed by atoms with Gasteiger partial charge in [0.15, 0.2) is 0 Å². The van der Waals surface area contributed by atoms with Crippen LogP contribution in [-0.4, -0.2) is 59.8 Å². The SMILES string of the molecule is COCCN(CC(=O)O)C(=O)C1CC(CC(=O)O)C1. The number of ether oxygens (including phenoxy) is 1. The van der Waals surface area contributed by atoms with Crippen molar-refractivity contribution < 1.29 is 29.3 Å². The molecule has 1 rings (SSSR count). The minimum absolute atomic E-state index is 0.0283. The molecule has 0 heterocycles. The minimum atomic E-state index is -1.06. The highest BCUT2D eigenvalue weighted by atomic mass is 16.5. The Hall–Kier alpha value is -1.63. The molecule has 0 unspecified atom stereocenters. The van der Waals surface area contributed by atoms with Gasteiger partial charge in [-0.15, -0.1) is 0 Å². The Morgan fingerprint density at radius 1 is 1.21 bits per heavy atom. The number of amides is 1. The van der Waals surface area contributed by atoms with Crippen LogP contribution in [0.5, 0.6) is 0 Å². The number of rotatable bonds is 8. The normalized spacial score (nSPS) is 21.5. The molecule has 0 aliphatic heterocycles. The van der Waals surface area contributed by atoms with Gasteiger partial charge in [-0.1, -0.05) is 0 Å². The van der Waals surface area contributed by atoms with Gasteiger partial charge in [0.1, 0.15) is 6.54 Å². The van der Waals surface area contributed by atoms with Crippen molar-refractivity contribution in [3.63, 3.8) is 0 Å². The average molecular weight is 273 g/mol. The lowest BCUT2D eigenvalue weighted by Gasteiger charge is -2.36. The quantitative estimate of drug-likeness (QED) is 0.647. The van der Waals surface area contributed by atoms with Crippen LogP contribution in [0.2, 0.25) is 0 Å². The van der Waals surface area contributed by atoms with Crippen molar-refractivity contribution in [3.8, 4) is 0 Å². The Morgan fingerprint density at radius 2 is 1.84 bits per heavy atom. The highest BCUT2D eigenvalue weighted by Crippen LogP contribution is 2.37. The zero-order chi connectivity index (χ0) is 14.4. The molecule has 108 valence electrons. The van der Waals surface area contributed by atoms with Crippen LogP contribution >= 0.6 is 0 Å². The van der Waals surface area contributed by atoms with Gasteiger partial charge in [0, 0.05) is 26.0 Å². The molecule has 1 aliphatic carbocycles. The van der Waals surface area contributed by atoms with E-state index in [-0.39, 0.29) is 43.9 Å². The first-order valence-corrected chi connectivity index (χ1v) is 6.15. The van der Waals surface area contributed by atoms with Gasteiger partial charge in [-0.05, 0) is 18.8 Å². The molecule has 0 bridgehead atoms. The van der Waals surface area contributed by atoms with E-state index in [0.717, 1.165) is 0 Å². The molecule has 1 fully saturated rings. The van der Waals surface area contributed by atoms with E-state index in [9.17, 15) is 14.4 Å². The van der Waals surface area contributed by atoms with Gasteiger partial charge in [0.25, 0.3) is 0 Å². The molecule has 0 aromatic heterocycles. The lowest BCUT2D eigenvalue weighted by molar-refractivity contribution is -0.150. The maximum atomic E-state index is 12.1. The zero-order valence-corrected chi connectivity index (χ0v) is 10.9. The van der Waals surface area contributed by atoms with Crippen molar-refractivity contribution in [1.82, 2.24) is 4.90 Å². The smallest absolute Gasteiger partial charge is 0.323 e. The predicted octanol–water partition coefficient (Wildman–Crippen LogP) is 0.0469. The van der Waals surface area contributed by atoms with Crippen LogP contribution < -0.4 is 0 Å². The monoisotopic (exact) mass is 273 g/mol. The summed E-state index contributed by atoms with van der Waals surface area (Å²) >= 11 is 0. The summed E-state index contributed by atoms with van der Waals surface area (Å²) in [5.41, 5.74) is 0. The van der Waals surface area contributed by atoms with Crippen molar-refractivity contribution in [1.29, 1.82) is 0 Å². The molecule has 1 amide bonds. The fourth-order valence-corrected chi connectivity index (χ4v) is 2.24. The predicted molar refractivity (Wildman–Crippen MR) is 64.6 cm³/mol. The third-order valence-electron chi connectivity index (χ3n) is 3.25. The van der Waals surface area contributed by atoms with E-state index in [1.54, 1.807) is 0 Å². The molecule has 7 heteroatoms. The molecular weight excluding hydrogens is 254 g/mol. The number of carboxylic acid groups (broad SMARTS) is 2. The molecule has 0 atom stereocenters. The van der Waals surface area contributed by atoms with Crippen molar-refractivity contribution in [2.24, 2.45) is 11.8 Å². The molecule has 0 aromatic carbocycles. The number of aliphatic carboxylic acids is 2. The number of carboxylic acids is 2. The van der Waals surface area contributed by atoms with Crippen molar-refractivity contribution in [2.75, 3.05) is 26.8 Å². The van der Waals surface area contributed by atoms with Crippen molar-refractivity contribution in [3.05, 3.63) is 0 Å². The van der Waals surface area contributed by atoms with Gasteiger partial charge in [0.05, 0.1) is 6.61 Å². The standard InChI is InChI=1S/C12H19NO6/c1-19-3-2-13(7-11(16)17)12(18)9-4-8(5-9)6-10(14)15/h8-9H,2-7H2,1H3,(H,14,15)(H,16,17). The van der Waals surface area contributed by atoms with Gasteiger partial charge in [-0.2, -0.15) is 0 Å². The first-order chi connectivity index (χ1) is 8.93. The van der Waals surface area contributed by atoms with Crippen LogP contribution in [-0.2, 0) is 19.1 Å². The Morgan fingerprint density at radius 3 is 2.32 bits per heavy atom. The molecule has 7 nitrogen and oxygen atoms in total. The van der Waals surface area contributed by atoms with Gasteiger partial charge in [-0.3, -0.25) is 14.4 Å². The number of hydrogen-bond donors (Lipinski definition) is 2. The summed E-state index contributed by atoms with van der Waals surface area (Å²) in [5.74, 6) is -2.37. The molecule has 19 heavy (non-hydrogen) atoms. The maximum absolute atomic E-state index is 12.1. The summed E-state index contributed by atoms with van der Waals surface area (Å²) in [6.45, 7) is 0.175. The van der Waals surface area contributed by atoms with Crippen LogP contribution in [0.4, 0.5) is 0 Å². The van der Waals surface area contributed by atoms with Crippen LogP contribution in [0.25, 0.3) is 0 Å². The van der Waals surface area contributed by atoms with E-state index in [0.29, 0.717) is 12.8 Å². The molecular formula is C12H19NO6. The molecule has 2 N–H and O–H groups in total. The average Bonchev–Trinajstić information content (AvgIpc) is 2.27. The summed E-state index contributed by atoms with van der Waals surface area (Å²) in [4.78, 5) is 34.5. The Kier molecular flexibility index (Phi) is 5.75. The first-order valence-electron chi connectivity index (χ1n) is 6.15. The van der Waals surface area contributed by atoms with Crippen LogP contribution in [0, 0.1) is 11.8 Å². The number of hydrogen-bond acceptors (Lipinski definition) is 4. The van der Waals surface area contributed by atoms with Crippen LogP contribution in [0.1, 0.15) is 19.3 Å². The number of carbonyl (C=O) groups excluding carboxylic acids is 1. The Labute approximate surface area is 111 Å². The minimum Gasteiger partial charge on any atom is -0.481 e. The summed E-state index contributed by atoms with van der Waals surface area (Å²) < 4.78 is 4.84. The second-order valence-corrected chi connectivity index (χ2v) is 4.78. The Balaban J connectivity index is 2.44. The number of methoxy groups -OCH3 is 1. The summed E-state index contributed by atoms with van der Waals surface area (Å²) in [6, 6.07) is 0. The topological polar surface area (TPSA) is 104 Å². The lowest BCUT2D eigenvalue weighted by atomic mass is 9.72. The summed E-state index contributed by atoms with van der Waals surface area (Å²) in [5, 5.41) is 17.4. The Bertz CT molecular complexity index is 350. The highest BCUT2D eigenvalue weighted by Gasteiger charge is 2.37. The van der Waals surface area contributed by atoms with E-state index < -0.39 is 11.9 Å². The zero-order valence-electron chi connectivity index (χ0n) is 10.9. The second kappa shape index (κ2) is 7.08. The third-order valence-corrected chi connectivity index (χ3v) is 3.25. The van der Waals surface area contributed by atoms with Gasteiger partial charge in [0.2, 0.25) is 5.91 Å². The van der Waals surface area contributed by atoms with Gasteiger partial charge < -0.3 is 19.8 Å². The second-order valence-electron chi connectivity index (χ2n) is 4.78. The lowest BCUT2D eigenvalue weighted by Crippen LogP contribution is -2.45. The maximum Gasteiger partial charge on any atom is 0.323 e. The van der Waals surface area contributed by atoms with Gasteiger partial charge in [-0.25, -0.2) is 0 Å². The number of nitrogens with zero attached hydrogens (tertiary/aromatic N) is 1.